The lowest BCUT2D eigenvalue weighted by atomic mass is 10.1. The van der Waals surface area contributed by atoms with E-state index in [-0.39, 0.29) is 5.54 Å². The molecule has 13 heavy (non-hydrogen) atoms. The summed E-state index contributed by atoms with van der Waals surface area (Å²) in [4.78, 5) is 0. The van der Waals surface area contributed by atoms with E-state index < -0.39 is 0 Å². The quantitative estimate of drug-likeness (QED) is 0.768. The van der Waals surface area contributed by atoms with E-state index in [1.165, 1.54) is 5.56 Å². The molecule has 1 aromatic carbocycles. The topological polar surface area (TPSA) is 12.0 Å². The van der Waals surface area contributed by atoms with Gasteiger partial charge in [0.2, 0.25) is 0 Å². The van der Waals surface area contributed by atoms with Crippen molar-refractivity contribution in [3.63, 3.8) is 0 Å². The van der Waals surface area contributed by atoms with Gasteiger partial charge in [-0.15, -0.1) is 0 Å². The monoisotopic (exact) mass is 197 g/mol. The van der Waals surface area contributed by atoms with Crippen molar-refractivity contribution in [3.8, 4) is 0 Å². The average molecular weight is 198 g/mol. The second kappa shape index (κ2) is 4.12. The van der Waals surface area contributed by atoms with Crippen LogP contribution in [0.4, 0.5) is 0 Å². The first kappa shape index (κ1) is 10.6. The SMILES string of the molecule is CC(C)(C)NCc1cccc(Cl)c1. The molecule has 0 unspecified atom stereocenters. The zero-order valence-electron chi connectivity index (χ0n) is 8.39. The molecule has 0 bridgehead atoms. The van der Waals surface area contributed by atoms with Gasteiger partial charge in [-0.05, 0) is 38.5 Å². The molecule has 0 radical (unpaired) electrons. The molecule has 0 aromatic heterocycles. The first-order valence-corrected chi connectivity index (χ1v) is 4.85. The molecule has 2 heteroatoms. The van der Waals surface area contributed by atoms with Crippen molar-refractivity contribution in [2.45, 2.75) is 32.9 Å². The van der Waals surface area contributed by atoms with Gasteiger partial charge in [0, 0.05) is 17.1 Å². The van der Waals surface area contributed by atoms with E-state index in [0.29, 0.717) is 0 Å². The maximum Gasteiger partial charge on any atom is 0.0409 e. The lowest BCUT2D eigenvalue weighted by Gasteiger charge is -2.20. The summed E-state index contributed by atoms with van der Waals surface area (Å²) in [6.45, 7) is 7.32. The predicted molar refractivity (Wildman–Crippen MR) is 58.0 cm³/mol. The van der Waals surface area contributed by atoms with Crippen LogP contribution in [0.15, 0.2) is 24.3 Å². The number of hydrogen-bond acceptors (Lipinski definition) is 1. The lowest BCUT2D eigenvalue weighted by Crippen LogP contribution is -2.35. The number of benzene rings is 1. The molecule has 0 heterocycles. The lowest BCUT2D eigenvalue weighted by molar-refractivity contribution is 0.424. The minimum Gasteiger partial charge on any atom is -0.308 e. The van der Waals surface area contributed by atoms with E-state index in [1.807, 2.05) is 18.2 Å². The first-order chi connectivity index (χ1) is 5.97. The predicted octanol–water partition coefficient (Wildman–Crippen LogP) is 3.23. The third-order valence-corrected chi connectivity index (χ3v) is 1.95. The highest BCUT2D eigenvalue weighted by atomic mass is 35.5. The van der Waals surface area contributed by atoms with E-state index in [0.717, 1.165) is 11.6 Å². The number of nitrogens with one attached hydrogen (secondary N) is 1. The van der Waals surface area contributed by atoms with Crippen molar-refractivity contribution in [1.82, 2.24) is 5.32 Å². The van der Waals surface area contributed by atoms with E-state index >= 15 is 0 Å². The molecule has 1 aromatic rings. The molecule has 72 valence electrons. The molecule has 0 fully saturated rings. The Hall–Kier alpha value is -0.530. The van der Waals surface area contributed by atoms with Crippen molar-refractivity contribution in [2.75, 3.05) is 0 Å². The molecule has 0 saturated heterocycles. The van der Waals surface area contributed by atoms with Gasteiger partial charge in [0.05, 0.1) is 0 Å². The van der Waals surface area contributed by atoms with Crippen LogP contribution in [-0.4, -0.2) is 5.54 Å². The Morgan fingerprint density at radius 1 is 1.31 bits per heavy atom. The van der Waals surface area contributed by atoms with Crippen LogP contribution in [0.2, 0.25) is 5.02 Å². The van der Waals surface area contributed by atoms with Crippen molar-refractivity contribution in [2.24, 2.45) is 0 Å². The molecule has 1 nitrogen and oxygen atoms in total. The first-order valence-electron chi connectivity index (χ1n) is 4.47. The molecule has 0 aliphatic carbocycles. The summed E-state index contributed by atoms with van der Waals surface area (Å²) in [6.07, 6.45) is 0. The van der Waals surface area contributed by atoms with Crippen molar-refractivity contribution >= 4 is 11.6 Å². The van der Waals surface area contributed by atoms with E-state index in [2.05, 4.69) is 32.2 Å². The summed E-state index contributed by atoms with van der Waals surface area (Å²) >= 11 is 5.87. The Labute approximate surface area is 85.1 Å². The average Bonchev–Trinajstić information content (AvgIpc) is 2.00. The van der Waals surface area contributed by atoms with Crippen LogP contribution in [0.1, 0.15) is 26.3 Å². The third kappa shape index (κ3) is 4.30. The van der Waals surface area contributed by atoms with Gasteiger partial charge in [0.15, 0.2) is 0 Å². The van der Waals surface area contributed by atoms with Gasteiger partial charge in [0.1, 0.15) is 0 Å². The van der Waals surface area contributed by atoms with Crippen molar-refractivity contribution < 1.29 is 0 Å². The highest BCUT2D eigenvalue weighted by Crippen LogP contribution is 2.11. The molecular formula is C11H16ClN. The largest absolute Gasteiger partial charge is 0.308 e. The Bertz CT molecular complexity index is 276. The molecular weight excluding hydrogens is 182 g/mol. The molecule has 0 atom stereocenters. The third-order valence-electron chi connectivity index (χ3n) is 1.71. The fraction of sp³-hybridized carbons (Fsp3) is 0.455. The zero-order chi connectivity index (χ0) is 9.90. The van der Waals surface area contributed by atoms with Gasteiger partial charge in [0.25, 0.3) is 0 Å². The molecule has 0 aliphatic heterocycles. The summed E-state index contributed by atoms with van der Waals surface area (Å²) in [5.74, 6) is 0. The van der Waals surface area contributed by atoms with Gasteiger partial charge in [-0.2, -0.15) is 0 Å². The summed E-state index contributed by atoms with van der Waals surface area (Å²) in [6, 6.07) is 7.93. The highest BCUT2D eigenvalue weighted by molar-refractivity contribution is 6.30. The Morgan fingerprint density at radius 2 is 2.00 bits per heavy atom. The van der Waals surface area contributed by atoms with E-state index in [9.17, 15) is 0 Å². The molecule has 0 aliphatic rings. The number of halogens is 1. The fourth-order valence-electron chi connectivity index (χ4n) is 1.01. The smallest absolute Gasteiger partial charge is 0.0409 e. The Balaban J connectivity index is 2.55. The van der Waals surface area contributed by atoms with Crippen molar-refractivity contribution in [3.05, 3.63) is 34.9 Å². The van der Waals surface area contributed by atoms with Crippen LogP contribution < -0.4 is 5.32 Å². The Morgan fingerprint density at radius 3 is 2.54 bits per heavy atom. The maximum atomic E-state index is 5.87. The molecule has 0 spiro atoms. The van der Waals surface area contributed by atoms with Crippen LogP contribution in [0.3, 0.4) is 0 Å². The maximum absolute atomic E-state index is 5.87. The van der Waals surface area contributed by atoms with Gasteiger partial charge in [-0.1, -0.05) is 23.7 Å². The molecule has 0 saturated carbocycles. The number of rotatable bonds is 2. The van der Waals surface area contributed by atoms with Crippen LogP contribution in [0.25, 0.3) is 0 Å². The Kier molecular flexibility index (Phi) is 3.34. The minimum absolute atomic E-state index is 0.155. The number of hydrogen-bond donors (Lipinski definition) is 1. The van der Waals surface area contributed by atoms with Gasteiger partial charge < -0.3 is 5.32 Å². The molecule has 0 amide bonds. The van der Waals surface area contributed by atoms with Gasteiger partial charge in [-0.25, -0.2) is 0 Å². The molecule has 1 rings (SSSR count). The normalized spacial score (nSPS) is 11.7. The summed E-state index contributed by atoms with van der Waals surface area (Å²) in [5, 5.41) is 4.21. The fourth-order valence-corrected chi connectivity index (χ4v) is 1.23. The van der Waals surface area contributed by atoms with Crippen molar-refractivity contribution in [1.29, 1.82) is 0 Å². The van der Waals surface area contributed by atoms with Gasteiger partial charge >= 0.3 is 0 Å². The molecule has 1 N–H and O–H groups in total. The second-order valence-electron chi connectivity index (χ2n) is 4.23. The summed E-state index contributed by atoms with van der Waals surface area (Å²) in [5.41, 5.74) is 1.38. The van der Waals surface area contributed by atoms with Gasteiger partial charge in [-0.3, -0.25) is 0 Å². The van der Waals surface area contributed by atoms with E-state index in [4.69, 9.17) is 11.6 Å². The van der Waals surface area contributed by atoms with E-state index in [1.54, 1.807) is 0 Å². The van der Waals surface area contributed by atoms with Crippen LogP contribution >= 0.6 is 11.6 Å². The highest BCUT2D eigenvalue weighted by Gasteiger charge is 2.07. The zero-order valence-corrected chi connectivity index (χ0v) is 9.15. The summed E-state index contributed by atoms with van der Waals surface area (Å²) < 4.78 is 0. The van der Waals surface area contributed by atoms with Crippen LogP contribution in [0, 0.1) is 0 Å². The van der Waals surface area contributed by atoms with Crippen LogP contribution in [-0.2, 0) is 6.54 Å². The standard InChI is InChI=1S/C11H16ClN/c1-11(2,3)13-8-9-5-4-6-10(12)7-9/h4-7,13H,8H2,1-3H3. The van der Waals surface area contributed by atoms with Crippen LogP contribution in [0.5, 0.6) is 0 Å². The second-order valence-corrected chi connectivity index (χ2v) is 4.67. The summed E-state index contributed by atoms with van der Waals surface area (Å²) in [7, 11) is 0. The minimum atomic E-state index is 0.155.